The average molecular weight is 286 g/mol. The molecule has 0 radical (unpaired) electrons. The normalized spacial score (nSPS) is 14.7. The topological polar surface area (TPSA) is 89.2 Å². The summed E-state index contributed by atoms with van der Waals surface area (Å²) in [7, 11) is 0. The fraction of sp³-hybridized carbons (Fsp3) is 0.857. The van der Waals surface area contributed by atoms with Gasteiger partial charge in [-0.1, -0.05) is 10.3 Å². The largest absolute Gasteiger partial charge is 0.411 e. The van der Waals surface area contributed by atoms with Crippen LogP contribution in [0, 0.1) is 0 Å². The second-order valence-corrected chi connectivity index (χ2v) is 6.18. The fourth-order valence-electron chi connectivity index (χ4n) is 1.56. The van der Waals surface area contributed by atoms with E-state index in [2.05, 4.69) is 20.9 Å². The third kappa shape index (κ3) is 6.34. The SMILES string of the molecule is C/C(=N\O)C(C)(C)NCCCCNC(C)(C)/C(C)=N/O. The molecule has 4 N–H and O–H groups in total. The third-order valence-corrected chi connectivity index (χ3v) is 3.85. The Morgan fingerprint density at radius 1 is 0.800 bits per heavy atom. The lowest BCUT2D eigenvalue weighted by atomic mass is 9.99. The van der Waals surface area contributed by atoms with Crippen LogP contribution in [0.4, 0.5) is 0 Å². The Hall–Kier alpha value is -1.14. The van der Waals surface area contributed by atoms with Crippen molar-refractivity contribution in [2.45, 2.75) is 65.5 Å². The molecule has 0 aromatic rings. The summed E-state index contributed by atoms with van der Waals surface area (Å²) in [5.74, 6) is 0. The highest BCUT2D eigenvalue weighted by atomic mass is 16.4. The average Bonchev–Trinajstić information content (AvgIpc) is 2.40. The van der Waals surface area contributed by atoms with Crippen molar-refractivity contribution < 1.29 is 10.4 Å². The molecule has 0 saturated heterocycles. The Morgan fingerprint density at radius 2 is 1.10 bits per heavy atom. The van der Waals surface area contributed by atoms with Crippen LogP contribution in [-0.4, -0.2) is 46.0 Å². The smallest absolute Gasteiger partial charge is 0.0734 e. The Bertz CT molecular complexity index is 315. The van der Waals surface area contributed by atoms with Crippen LogP contribution in [0.15, 0.2) is 10.3 Å². The first-order valence-electron chi connectivity index (χ1n) is 7.05. The fourth-order valence-corrected chi connectivity index (χ4v) is 1.56. The van der Waals surface area contributed by atoms with Crippen molar-refractivity contribution in [3.05, 3.63) is 0 Å². The zero-order valence-corrected chi connectivity index (χ0v) is 13.6. The van der Waals surface area contributed by atoms with Crippen molar-refractivity contribution in [3.63, 3.8) is 0 Å². The van der Waals surface area contributed by atoms with Gasteiger partial charge in [0, 0.05) is 0 Å². The van der Waals surface area contributed by atoms with E-state index in [0.717, 1.165) is 25.9 Å². The van der Waals surface area contributed by atoms with Crippen LogP contribution in [0.3, 0.4) is 0 Å². The number of rotatable bonds is 9. The van der Waals surface area contributed by atoms with Crippen LogP contribution in [-0.2, 0) is 0 Å². The summed E-state index contributed by atoms with van der Waals surface area (Å²) in [4.78, 5) is 0. The Labute approximate surface area is 122 Å². The lowest BCUT2D eigenvalue weighted by Gasteiger charge is -2.26. The lowest BCUT2D eigenvalue weighted by molar-refractivity contribution is 0.309. The molecule has 0 atom stereocenters. The number of hydrogen-bond donors (Lipinski definition) is 4. The van der Waals surface area contributed by atoms with E-state index in [1.807, 2.05) is 27.7 Å². The summed E-state index contributed by atoms with van der Waals surface area (Å²) in [6, 6.07) is 0. The second kappa shape index (κ2) is 8.21. The number of hydrogen-bond acceptors (Lipinski definition) is 6. The summed E-state index contributed by atoms with van der Waals surface area (Å²) in [6.07, 6.45) is 2.03. The number of nitrogens with zero attached hydrogens (tertiary/aromatic N) is 2. The maximum Gasteiger partial charge on any atom is 0.0734 e. The van der Waals surface area contributed by atoms with Crippen molar-refractivity contribution >= 4 is 11.4 Å². The van der Waals surface area contributed by atoms with Crippen molar-refractivity contribution in [3.8, 4) is 0 Å². The Balaban J connectivity index is 3.90. The van der Waals surface area contributed by atoms with Gasteiger partial charge in [-0.15, -0.1) is 0 Å². The van der Waals surface area contributed by atoms with Gasteiger partial charge in [0.15, 0.2) is 0 Å². The van der Waals surface area contributed by atoms with Gasteiger partial charge in [-0.3, -0.25) is 0 Å². The van der Waals surface area contributed by atoms with Crippen molar-refractivity contribution in [2.24, 2.45) is 10.3 Å². The van der Waals surface area contributed by atoms with Gasteiger partial charge in [-0.2, -0.15) is 0 Å². The molecule has 6 heteroatoms. The van der Waals surface area contributed by atoms with Crippen molar-refractivity contribution in [1.82, 2.24) is 10.6 Å². The predicted molar refractivity (Wildman–Crippen MR) is 83.2 cm³/mol. The Kier molecular flexibility index (Phi) is 7.75. The molecular formula is C14H30N4O2. The minimum absolute atomic E-state index is 0.290. The molecule has 0 aromatic carbocycles. The van der Waals surface area contributed by atoms with E-state index in [0.29, 0.717) is 11.4 Å². The predicted octanol–water partition coefficient (Wildman–Crippen LogP) is 2.20. The van der Waals surface area contributed by atoms with E-state index >= 15 is 0 Å². The zero-order valence-electron chi connectivity index (χ0n) is 13.6. The maximum absolute atomic E-state index is 8.78. The second-order valence-electron chi connectivity index (χ2n) is 6.18. The van der Waals surface area contributed by atoms with Gasteiger partial charge < -0.3 is 21.0 Å². The first kappa shape index (κ1) is 18.9. The van der Waals surface area contributed by atoms with Gasteiger partial charge in [0.25, 0.3) is 0 Å². The van der Waals surface area contributed by atoms with E-state index < -0.39 is 0 Å². The summed E-state index contributed by atoms with van der Waals surface area (Å²) >= 11 is 0. The summed E-state index contributed by atoms with van der Waals surface area (Å²) in [5, 5.41) is 30.8. The van der Waals surface area contributed by atoms with Crippen LogP contribution in [0.2, 0.25) is 0 Å². The first-order chi connectivity index (χ1) is 9.17. The van der Waals surface area contributed by atoms with Gasteiger partial charge in [0.05, 0.1) is 22.5 Å². The molecule has 0 saturated carbocycles. The van der Waals surface area contributed by atoms with E-state index in [1.54, 1.807) is 13.8 Å². The van der Waals surface area contributed by atoms with Crippen LogP contribution in [0.5, 0.6) is 0 Å². The molecule has 0 heterocycles. The standard InChI is InChI=1S/C14H30N4O2/c1-11(17-19)13(3,4)15-9-7-8-10-16-14(5,6)12(2)18-20/h15-16,19-20H,7-10H2,1-6H3/b17-11+,18-12+. The molecule has 118 valence electrons. The molecule has 0 spiro atoms. The molecule has 0 amide bonds. The van der Waals surface area contributed by atoms with E-state index in [1.165, 1.54) is 0 Å². The molecule has 0 fully saturated rings. The Morgan fingerprint density at radius 3 is 1.35 bits per heavy atom. The van der Waals surface area contributed by atoms with Crippen LogP contribution < -0.4 is 10.6 Å². The van der Waals surface area contributed by atoms with Crippen LogP contribution in [0.25, 0.3) is 0 Å². The van der Waals surface area contributed by atoms with Gasteiger partial charge in [-0.05, 0) is 67.5 Å². The van der Waals surface area contributed by atoms with E-state index in [9.17, 15) is 0 Å². The van der Waals surface area contributed by atoms with Gasteiger partial charge in [-0.25, -0.2) is 0 Å². The zero-order chi connectivity index (χ0) is 15.8. The molecule has 6 nitrogen and oxygen atoms in total. The summed E-state index contributed by atoms with van der Waals surface area (Å²) < 4.78 is 0. The molecule has 0 rings (SSSR count). The molecule has 0 aliphatic heterocycles. The third-order valence-electron chi connectivity index (χ3n) is 3.85. The summed E-state index contributed by atoms with van der Waals surface area (Å²) in [6.45, 7) is 13.3. The van der Waals surface area contributed by atoms with Gasteiger partial charge in [0.2, 0.25) is 0 Å². The van der Waals surface area contributed by atoms with E-state index in [-0.39, 0.29) is 11.1 Å². The minimum atomic E-state index is -0.290. The van der Waals surface area contributed by atoms with Crippen LogP contribution in [0.1, 0.15) is 54.4 Å². The molecule has 0 bridgehead atoms. The highest BCUT2D eigenvalue weighted by molar-refractivity contribution is 5.90. The molecular weight excluding hydrogens is 256 g/mol. The first-order valence-corrected chi connectivity index (χ1v) is 7.05. The lowest BCUT2D eigenvalue weighted by Crippen LogP contribution is -2.47. The number of unbranched alkanes of at least 4 members (excludes halogenated alkanes) is 1. The molecule has 0 aliphatic rings. The summed E-state index contributed by atoms with van der Waals surface area (Å²) in [5.41, 5.74) is 0.765. The van der Waals surface area contributed by atoms with Gasteiger partial charge >= 0.3 is 0 Å². The molecule has 20 heavy (non-hydrogen) atoms. The quantitative estimate of drug-likeness (QED) is 0.226. The van der Waals surface area contributed by atoms with Crippen molar-refractivity contribution in [1.29, 1.82) is 0 Å². The minimum Gasteiger partial charge on any atom is -0.411 e. The van der Waals surface area contributed by atoms with Crippen molar-refractivity contribution in [2.75, 3.05) is 13.1 Å². The number of oxime groups is 2. The molecule has 0 aromatic heterocycles. The molecule has 0 aliphatic carbocycles. The highest BCUT2D eigenvalue weighted by Gasteiger charge is 2.22. The monoisotopic (exact) mass is 286 g/mol. The highest BCUT2D eigenvalue weighted by Crippen LogP contribution is 2.07. The number of nitrogens with one attached hydrogen (secondary N) is 2. The van der Waals surface area contributed by atoms with Crippen LogP contribution >= 0.6 is 0 Å². The maximum atomic E-state index is 8.78. The van der Waals surface area contributed by atoms with Gasteiger partial charge in [0.1, 0.15) is 0 Å². The molecule has 0 unspecified atom stereocenters. The van der Waals surface area contributed by atoms with E-state index in [4.69, 9.17) is 10.4 Å².